The van der Waals surface area contributed by atoms with Crippen LogP contribution in [0.25, 0.3) is 5.69 Å². The fraction of sp³-hybridized carbons (Fsp3) is 0.304. The normalized spacial score (nSPS) is 12.2. The Morgan fingerprint density at radius 1 is 1.00 bits per heavy atom. The highest BCUT2D eigenvalue weighted by Gasteiger charge is 2.10. The summed E-state index contributed by atoms with van der Waals surface area (Å²) >= 11 is 0. The van der Waals surface area contributed by atoms with Crippen molar-refractivity contribution in [3.8, 4) is 22.9 Å². The van der Waals surface area contributed by atoms with Gasteiger partial charge in [0.05, 0.1) is 38.7 Å². The van der Waals surface area contributed by atoms with Gasteiger partial charge in [-0.15, -0.1) is 0 Å². The van der Waals surface area contributed by atoms with E-state index < -0.39 is 0 Å². The molecule has 3 rings (SSSR count). The number of hydrogen-bond acceptors (Lipinski definition) is 5. The van der Waals surface area contributed by atoms with Gasteiger partial charge in [0.1, 0.15) is 11.9 Å². The molecule has 0 fully saturated rings. The van der Waals surface area contributed by atoms with E-state index >= 15 is 0 Å². The molecular formula is C23H29N5O3. The van der Waals surface area contributed by atoms with Gasteiger partial charge >= 0.3 is 0 Å². The quantitative estimate of drug-likeness (QED) is 0.407. The SMILES string of the molecule is CN=C(NCc1ccn(-c2ccc(OC)cc2)n1)NCC(C)Oc1ccccc1OC. The summed E-state index contributed by atoms with van der Waals surface area (Å²) < 4.78 is 18.3. The van der Waals surface area contributed by atoms with Gasteiger partial charge < -0.3 is 24.8 Å². The first-order valence-corrected chi connectivity index (χ1v) is 10.1. The fourth-order valence-electron chi connectivity index (χ4n) is 2.94. The summed E-state index contributed by atoms with van der Waals surface area (Å²) in [7, 11) is 5.02. The van der Waals surface area contributed by atoms with Gasteiger partial charge in [0.15, 0.2) is 17.5 Å². The number of aromatic nitrogens is 2. The van der Waals surface area contributed by atoms with Crippen molar-refractivity contribution in [3.05, 3.63) is 66.5 Å². The van der Waals surface area contributed by atoms with Gasteiger partial charge in [0.25, 0.3) is 0 Å². The van der Waals surface area contributed by atoms with Crippen LogP contribution >= 0.6 is 0 Å². The van der Waals surface area contributed by atoms with Gasteiger partial charge in [-0.25, -0.2) is 4.68 Å². The third-order valence-corrected chi connectivity index (χ3v) is 4.60. The number of rotatable bonds is 9. The van der Waals surface area contributed by atoms with Crippen LogP contribution in [0.15, 0.2) is 65.8 Å². The molecule has 31 heavy (non-hydrogen) atoms. The number of nitrogens with zero attached hydrogens (tertiary/aromatic N) is 3. The molecule has 8 nitrogen and oxygen atoms in total. The second kappa shape index (κ2) is 10.9. The molecule has 8 heteroatoms. The first kappa shape index (κ1) is 22.0. The molecule has 1 unspecified atom stereocenters. The van der Waals surface area contributed by atoms with Gasteiger partial charge in [-0.3, -0.25) is 4.99 Å². The van der Waals surface area contributed by atoms with E-state index in [0.717, 1.165) is 17.1 Å². The summed E-state index contributed by atoms with van der Waals surface area (Å²) in [5.74, 6) is 2.92. The Labute approximate surface area is 182 Å². The molecule has 164 valence electrons. The van der Waals surface area contributed by atoms with E-state index in [2.05, 4.69) is 20.7 Å². The fourth-order valence-corrected chi connectivity index (χ4v) is 2.94. The zero-order valence-electron chi connectivity index (χ0n) is 18.3. The predicted molar refractivity (Wildman–Crippen MR) is 121 cm³/mol. The van der Waals surface area contributed by atoms with Crippen LogP contribution < -0.4 is 24.8 Å². The van der Waals surface area contributed by atoms with Crippen molar-refractivity contribution < 1.29 is 14.2 Å². The third kappa shape index (κ3) is 6.15. The number of ether oxygens (including phenoxy) is 3. The number of nitrogens with one attached hydrogen (secondary N) is 2. The Morgan fingerprint density at radius 3 is 2.42 bits per heavy atom. The molecule has 2 N–H and O–H groups in total. The zero-order valence-corrected chi connectivity index (χ0v) is 18.3. The Balaban J connectivity index is 1.48. The molecule has 0 radical (unpaired) electrons. The van der Waals surface area contributed by atoms with Gasteiger partial charge in [-0.1, -0.05) is 12.1 Å². The number of hydrogen-bond donors (Lipinski definition) is 2. The van der Waals surface area contributed by atoms with E-state index in [1.807, 2.05) is 72.4 Å². The average molecular weight is 424 g/mol. The van der Waals surface area contributed by atoms with Gasteiger partial charge in [0.2, 0.25) is 0 Å². The molecule has 1 aromatic heterocycles. The summed E-state index contributed by atoms with van der Waals surface area (Å²) in [5.41, 5.74) is 1.87. The lowest BCUT2D eigenvalue weighted by Gasteiger charge is -2.18. The minimum absolute atomic E-state index is 0.0795. The molecular weight excluding hydrogens is 394 g/mol. The van der Waals surface area contributed by atoms with Crippen molar-refractivity contribution >= 4 is 5.96 Å². The van der Waals surface area contributed by atoms with Crippen LogP contribution in [0.4, 0.5) is 0 Å². The van der Waals surface area contributed by atoms with Crippen LogP contribution in [0.2, 0.25) is 0 Å². The van der Waals surface area contributed by atoms with Crippen LogP contribution in [0.5, 0.6) is 17.2 Å². The van der Waals surface area contributed by atoms with E-state index in [0.29, 0.717) is 30.5 Å². The maximum absolute atomic E-state index is 5.97. The van der Waals surface area contributed by atoms with Crippen molar-refractivity contribution in [2.45, 2.75) is 19.6 Å². The van der Waals surface area contributed by atoms with Gasteiger partial charge in [-0.2, -0.15) is 5.10 Å². The van der Waals surface area contributed by atoms with Crippen LogP contribution in [0.1, 0.15) is 12.6 Å². The van der Waals surface area contributed by atoms with Crippen molar-refractivity contribution in [1.82, 2.24) is 20.4 Å². The van der Waals surface area contributed by atoms with E-state index in [1.165, 1.54) is 0 Å². The minimum atomic E-state index is -0.0795. The van der Waals surface area contributed by atoms with E-state index in [-0.39, 0.29) is 6.10 Å². The molecule has 0 aliphatic rings. The molecule has 0 aliphatic carbocycles. The van der Waals surface area contributed by atoms with Crippen molar-refractivity contribution in [2.75, 3.05) is 27.8 Å². The van der Waals surface area contributed by atoms with E-state index in [4.69, 9.17) is 14.2 Å². The Hall–Kier alpha value is -3.68. The monoisotopic (exact) mass is 423 g/mol. The maximum Gasteiger partial charge on any atom is 0.191 e. The van der Waals surface area contributed by atoms with Crippen LogP contribution in [0.3, 0.4) is 0 Å². The van der Waals surface area contributed by atoms with Crippen LogP contribution in [-0.2, 0) is 6.54 Å². The molecule has 0 saturated heterocycles. The Morgan fingerprint density at radius 2 is 1.74 bits per heavy atom. The van der Waals surface area contributed by atoms with E-state index in [1.54, 1.807) is 21.3 Å². The Bertz CT molecular complexity index is 985. The van der Waals surface area contributed by atoms with Crippen molar-refractivity contribution in [1.29, 1.82) is 0 Å². The molecule has 0 spiro atoms. The second-order valence-corrected chi connectivity index (χ2v) is 6.84. The maximum atomic E-state index is 5.97. The smallest absolute Gasteiger partial charge is 0.191 e. The zero-order chi connectivity index (χ0) is 22.1. The van der Waals surface area contributed by atoms with Crippen LogP contribution in [-0.4, -0.2) is 49.7 Å². The highest BCUT2D eigenvalue weighted by molar-refractivity contribution is 5.79. The second-order valence-electron chi connectivity index (χ2n) is 6.84. The van der Waals surface area contributed by atoms with Crippen LogP contribution in [0, 0.1) is 0 Å². The lowest BCUT2D eigenvalue weighted by molar-refractivity contribution is 0.213. The lowest BCUT2D eigenvalue weighted by atomic mass is 10.3. The van der Waals surface area contributed by atoms with Gasteiger partial charge in [-0.05, 0) is 49.4 Å². The lowest BCUT2D eigenvalue weighted by Crippen LogP contribution is -2.41. The number of para-hydroxylation sites is 2. The molecule has 1 atom stereocenters. The number of methoxy groups -OCH3 is 2. The van der Waals surface area contributed by atoms with E-state index in [9.17, 15) is 0 Å². The molecule has 0 aliphatic heterocycles. The summed E-state index contributed by atoms with van der Waals surface area (Å²) in [6.45, 7) is 3.12. The number of guanidine groups is 1. The highest BCUT2D eigenvalue weighted by atomic mass is 16.5. The summed E-state index contributed by atoms with van der Waals surface area (Å²) in [5, 5.41) is 11.2. The number of aliphatic imine (C=N–C) groups is 1. The molecule has 1 heterocycles. The summed E-state index contributed by atoms with van der Waals surface area (Å²) in [4.78, 5) is 4.27. The first-order chi connectivity index (χ1) is 15.1. The highest BCUT2D eigenvalue weighted by Crippen LogP contribution is 2.26. The minimum Gasteiger partial charge on any atom is -0.497 e. The van der Waals surface area contributed by atoms with Crippen molar-refractivity contribution in [2.24, 2.45) is 4.99 Å². The average Bonchev–Trinajstić information content (AvgIpc) is 3.28. The molecule has 3 aromatic rings. The largest absolute Gasteiger partial charge is 0.497 e. The number of benzene rings is 2. The molecule has 0 amide bonds. The standard InChI is InChI=1S/C23H29N5O3/c1-17(31-22-8-6-5-7-21(22)30-4)15-25-23(24-2)26-16-18-13-14-28(27-18)19-9-11-20(29-3)12-10-19/h5-14,17H,15-16H2,1-4H3,(H2,24,25,26). The summed E-state index contributed by atoms with van der Waals surface area (Å²) in [6.07, 6.45) is 1.85. The van der Waals surface area contributed by atoms with Crippen molar-refractivity contribution in [3.63, 3.8) is 0 Å². The topological polar surface area (TPSA) is 81.9 Å². The first-order valence-electron chi connectivity index (χ1n) is 10.1. The summed E-state index contributed by atoms with van der Waals surface area (Å²) in [6, 6.07) is 17.3. The predicted octanol–water partition coefficient (Wildman–Crippen LogP) is 3.02. The third-order valence-electron chi connectivity index (χ3n) is 4.60. The molecule has 2 aromatic carbocycles. The van der Waals surface area contributed by atoms with Gasteiger partial charge in [0, 0.05) is 13.2 Å². The molecule has 0 saturated carbocycles. The Kier molecular flexibility index (Phi) is 7.75. The molecule has 0 bridgehead atoms.